The average Bonchev–Trinajstić information content (AvgIpc) is 3.48. The van der Waals surface area contributed by atoms with Crippen molar-refractivity contribution in [2.45, 2.75) is 84.5 Å². The normalized spacial score (nSPS) is 16.2. The Hall–Kier alpha value is -3.33. The molecular formula is C29H42N6O3. The van der Waals surface area contributed by atoms with Gasteiger partial charge in [0.25, 0.3) is 0 Å². The number of carbonyl (C=O) groups excluding carboxylic acids is 1. The summed E-state index contributed by atoms with van der Waals surface area (Å²) in [5.41, 5.74) is 9.42. The molecule has 0 bridgehead atoms. The summed E-state index contributed by atoms with van der Waals surface area (Å²) in [7, 11) is 1.69. The van der Waals surface area contributed by atoms with Crippen LogP contribution in [-0.4, -0.2) is 57.2 Å². The van der Waals surface area contributed by atoms with Crippen LogP contribution in [0, 0.1) is 0 Å². The molecule has 0 saturated carbocycles. The van der Waals surface area contributed by atoms with Crippen molar-refractivity contribution in [3.05, 3.63) is 41.6 Å². The molecule has 0 radical (unpaired) electrons. The fourth-order valence-corrected chi connectivity index (χ4v) is 5.09. The third kappa shape index (κ3) is 6.75. The molecule has 1 unspecified atom stereocenters. The number of fused-ring (bicyclic) bond motifs is 1. The molecule has 3 aromatic rings. The topological polar surface area (TPSA) is 108 Å². The van der Waals surface area contributed by atoms with Crippen LogP contribution < -0.4 is 15.8 Å². The predicted octanol–water partition coefficient (Wildman–Crippen LogP) is 4.98. The molecule has 0 spiro atoms. The number of ether oxygens (including phenoxy) is 2. The molecule has 1 aromatic carbocycles. The summed E-state index contributed by atoms with van der Waals surface area (Å²) < 4.78 is 13.5. The lowest BCUT2D eigenvalue weighted by Gasteiger charge is -2.27. The van der Waals surface area contributed by atoms with E-state index in [1.807, 2.05) is 39.1 Å². The zero-order valence-electron chi connectivity index (χ0n) is 23.4. The highest BCUT2D eigenvalue weighted by Gasteiger charge is 2.34. The van der Waals surface area contributed by atoms with Crippen LogP contribution in [0.1, 0.15) is 70.9 Å². The third-order valence-corrected chi connectivity index (χ3v) is 6.81. The lowest BCUT2D eigenvalue weighted by molar-refractivity contribution is -0.160. The van der Waals surface area contributed by atoms with Gasteiger partial charge < -0.3 is 25.1 Å². The van der Waals surface area contributed by atoms with Crippen LogP contribution >= 0.6 is 0 Å². The second-order valence-corrected chi connectivity index (χ2v) is 11.0. The standard InChI is InChI=1S/C29H42N6O3/c1-6-7-8-14-31-26-25-22(32-28(30)33-26)13-16-35(25)19-21-17-20(11-12-24(21)37-5)18-34-15-9-10-23(34)27(36)38-29(2,3)4/h11-13,16-17,23H,6-10,14-15,18-19H2,1-5H3,(H3,30,31,32,33). The lowest BCUT2D eigenvalue weighted by atomic mass is 10.1. The van der Waals surface area contributed by atoms with Gasteiger partial charge in [-0.05, 0) is 70.3 Å². The van der Waals surface area contributed by atoms with Gasteiger partial charge in [-0.3, -0.25) is 9.69 Å². The van der Waals surface area contributed by atoms with Crippen LogP contribution in [0.3, 0.4) is 0 Å². The number of hydrogen-bond acceptors (Lipinski definition) is 8. The van der Waals surface area contributed by atoms with Crippen molar-refractivity contribution >= 4 is 28.8 Å². The van der Waals surface area contributed by atoms with Gasteiger partial charge in [0.1, 0.15) is 22.9 Å². The fraction of sp³-hybridized carbons (Fsp3) is 0.552. The maximum absolute atomic E-state index is 12.8. The second-order valence-electron chi connectivity index (χ2n) is 11.0. The van der Waals surface area contributed by atoms with Gasteiger partial charge in [-0.1, -0.05) is 25.8 Å². The molecule has 1 saturated heterocycles. The Bertz CT molecular complexity index is 1250. The number of esters is 1. The van der Waals surface area contributed by atoms with Crippen molar-refractivity contribution in [3.8, 4) is 5.75 Å². The van der Waals surface area contributed by atoms with E-state index in [0.717, 1.165) is 78.9 Å². The van der Waals surface area contributed by atoms with Crippen LogP contribution in [0.5, 0.6) is 5.75 Å². The minimum absolute atomic E-state index is 0.138. The van der Waals surface area contributed by atoms with Crippen molar-refractivity contribution in [3.63, 3.8) is 0 Å². The van der Waals surface area contributed by atoms with Crippen molar-refractivity contribution in [1.29, 1.82) is 0 Å². The molecule has 1 fully saturated rings. The molecule has 206 valence electrons. The van der Waals surface area contributed by atoms with E-state index in [-0.39, 0.29) is 18.0 Å². The number of carbonyl (C=O) groups is 1. The van der Waals surface area contributed by atoms with Gasteiger partial charge in [-0.15, -0.1) is 0 Å². The first-order valence-corrected chi connectivity index (χ1v) is 13.7. The molecule has 9 heteroatoms. The summed E-state index contributed by atoms with van der Waals surface area (Å²) in [6.45, 7) is 10.9. The van der Waals surface area contributed by atoms with Crippen LogP contribution in [-0.2, 0) is 22.6 Å². The Morgan fingerprint density at radius 1 is 1.18 bits per heavy atom. The zero-order valence-corrected chi connectivity index (χ0v) is 23.4. The zero-order chi connectivity index (χ0) is 27.3. The van der Waals surface area contributed by atoms with Crippen LogP contribution in [0.15, 0.2) is 30.5 Å². The van der Waals surface area contributed by atoms with E-state index in [1.165, 1.54) is 0 Å². The molecule has 9 nitrogen and oxygen atoms in total. The monoisotopic (exact) mass is 522 g/mol. The first kappa shape index (κ1) is 27.7. The highest BCUT2D eigenvalue weighted by Crippen LogP contribution is 2.29. The summed E-state index contributed by atoms with van der Waals surface area (Å²) in [5.74, 6) is 1.69. The SMILES string of the molecule is CCCCCNc1nc(N)nc2ccn(Cc3cc(CN4CCCC4C(=O)OC(C)(C)C)ccc3OC)c12. The Morgan fingerprint density at radius 3 is 2.74 bits per heavy atom. The summed E-state index contributed by atoms with van der Waals surface area (Å²) in [5, 5.41) is 3.46. The number of aromatic nitrogens is 3. The van der Waals surface area contributed by atoms with E-state index in [4.69, 9.17) is 15.2 Å². The maximum atomic E-state index is 12.8. The number of nitrogens with two attached hydrogens (primary N) is 1. The van der Waals surface area contributed by atoms with E-state index in [2.05, 4.69) is 43.8 Å². The molecule has 2 aromatic heterocycles. The lowest BCUT2D eigenvalue weighted by Crippen LogP contribution is -2.40. The van der Waals surface area contributed by atoms with Crippen LogP contribution in [0.4, 0.5) is 11.8 Å². The van der Waals surface area contributed by atoms with E-state index in [1.54, 1.807) is 7.11 Å². The number of nitrogens with one attached hydrogen (secondary N) is 1. The second kappa shape index (κ2) is 12.0. The van der Waals surface area contributed by atoms with E-state index >= 15 is 0 Å². The summed E-state index contributed by atoms with van der Waals surface area (Å²) in [6.07, 6.45) is 7.21. The number of unbranched alkanes of at least 4 members (excludes halogenated alkanes) is 2. The number of nitrogen functional groups attached to an aromatic ring is 1. The quantitative estimate of drug-likeness (QED) is 0.268. The number of hydrogen-bond donors (Lipinski definition) is 2. The Balaban J connectivity index is 1.56. The van der Waals surface area contributed by atoms with Gasteiger partial charge in [-0.2, -0.15) is 4.98 Å². The molecule has 4 rings (SSSR count). The number of likely N-dealkylation sites (tertiary alicyclic amines) is 1. The number of rotatable bonds is 11. The first-order chi connectivity index (χ1) is 18.2. The van der Waals surface area contributed by atoms with Gasteiger partial charge in [-0.25, -0.2) is 4.98 Å². The average molecular weight is 523 g/mol. The molecule has 0 amide bonds. The Kier molecular flexibility index (Phi) is 8.76. The fourth-order valence-electron chi connectivity index (χ4n) is 5.09. The van der Waals surface area contributed by atoms with Crippen molar-refractivity contribution in [2.24, 2.45) is 0 Å². The highest BCUT2D eigenvalue weighted by atomic mass is 16.6. The third-order valence-electron chi connectivity index (χ3n) is 6.81. The molecule has 1 aliphatic rings. The molecular weight excluding hydrogens is 480 g/mol. The number of methoxy groups -OCH3 is 1. The number of benzene rings is 1. The minimum Gasteiger partial charge on any atom is -0.496 e. The van der Waals surface area contributed by atoms with E-state index < -0.39 is 5.60 Å². The molecule has 3 heterocycles. The number of nitrogens with zero attached hydrogens (tertiary/aromatic N) is 4. The molecule has 1 atom stereocenters. The predicted molar refractivity (Wildman–Crippen MR) is 151 cm³/mol. The summed E-state index contributed by atoms with van der Waals surface area (Å²) >= 11 is 0. The van der Waals surface area contributed by atoms with Crippen LogP contribution in [0.2, 0.25) is 0 Å². The molecule has 0 aliphatic carbocycles. The van der Waals surface area contributed by atoms with E-state index in [0.29, 0.717) is 13.1 Å². The molecule has 3 N–H and O–H groups in total. The van der Waals surface area contributed by atoms with Gasteiger partial charge in [0.05, 0.1) is 19.2 Å². The summed E-state index contributed by atoms with van der Waals surface area (Å²) in [6, 6.07) is 8.01. The molecule has 38 heavy (non-hydrogen) atoms. The van der Waals surface area contributed by atoms with E-state index in [9.17, 15) is 4.79 Å². The van der Waals surface area contributed by atoms with Gasteiger partial charge >= 0.3 is 5.97 Å². The number of anilines is 2. The van der Waals surface area contributed by atoms with Crippen molar-refractivity contribution < 1.29 is 14.3 Å². The first-order valence-electron chi connectivity index (χ1n) is 13.7. The Morgan fingerprint density at radius 2 is 2.00 bits per heavy atom. The maximum Gasteiger partial charge on any atom is 0.323 e. The van der Waals surface area contributed by atoms with Crippen LogP contribution in [0.25, 0.3) is 11.0 Å². The molecule has 1 aliphatic heterocycles. The largest absolute Gasteiger partial charge is 0.496 e. The van der Waals surface area contributed by atoms with Gasteiger partial charge in [0.2, 0.25) is 5.95 Å². The minimum atomic E-state index is -0.490. The smallest absolute Gasteiger partial charge is 0.323 e. The van der Waals surface area contributed by atoms with Gasteiger partial charge in [0, 0.05) is 24.8 Å². The van der Waals surface area contributed by atoms with Crippen molar-refractivity contribution in [1.82, 2.24) is 19.4 Å². The Labute approximate surface area is 225 Å². The highest BCUT2D eigenvalue weighted by molar-refractivity contribution is 5.87. The summed E-state index contributed by atoms with van der Waals surface area (Å²) in [4.78, 5) is 24.0. The van der Waals surface area contributed by atoms with Crippen molar-refractivity contribution in [2.75, 3.05) is 31.2 Å². The van der Waals surface area contributed by atoms with Gasteiger partial charge in [0.15, 0.2) is 5.82 Å².